The zero-order chi connectivity index (χ0) is 20.1. The number of ether oxygens (including phenoxy) is 1. The number of benzene rings is 2. The van der Waals surface area contributed by atoms with Crippen molar-refractivity contribution in [2.24, 2.45) is 5.92 Å². The maximum absolute atomic E-state index is 14.7. The minimum absolute atomic E-state index is 0.0398. The van der Waals surface area contributed by atoms with Crippen LogP contribution in [0.2, 0.25) is 0 Å². The maximum atomic E-state index is 14.7. The molecule has 1 aliphatic rings. The minimum atomic E-state index is -1.13. The van der Waals surface area contributed by atoms with Crippen LogP contribution >= 0.6 is 0 Å². The molecule has 28 heavy (non-hydrogen) atoms. The van der Waals surface area contributed by atoms with Crippen molar-refractivity contribution < 1.29 is 17.9 Å². The molecular formula is C24H25F3O. The molecule has 0 heterocycles. The molecule has 0 saturated carbocycles. The van der Waals surface area contributed by atoms with Gasteiger partial charge >= 0.3 is 0 Å². The third-order valence-corrected chi connectivity index (χ3v) is 5.22. The highest BCUT2D eigenvalue weighted by Gasteiger charge is 2.20. The van der Waals surface area contributed by atoms with Crippen molar-refractivity contribution >= 4 is 5.57 Å². The molecule has 148 valence electrons. The van der Waals surface area contributed by atoms with E-state index in [0.717, 1.165) is 30.4 Å². The molecule has 3 rings (SSSR count). The zero-order valence-corrected chi connectivity index (χ0v) is 16.3. The van der Waals surface area contributed by atoms with Crippen LogP contribution in [0.4, 0.5) is 13.2 Å². The van der Waals surface area contributed by atoms with Gasteiger partial charge < -0.3 is 4.74 Å². The molecule has 0 fully saturated rings. The summed E-state index contributed by atoms with van der Waals surface area (Å²) in [5.41, 5.74) is 1.86. The van der Waals surface area contributed by atoms with E-state index in [4.69, 9.17) is 4.74 Å². The van der Waals surface area contributed by atoms with Crippen LogP contribution in [0.5, 0.6) is 5.75 Å². The summed E-state index contributed by atoms with van der Waals surface area (Å²) < 4.78 is 48.4. The third kappa shape index (κ3) is 4.32. The van der Waals surface area contributed by atoms with Gasteiger partial charge in [0.2, 0.25) is 5.82 Å². The van der Waals surface area contributed by atoms with Gasteiger partial charge in [0.25, 0.3) is 0 Å². The molecule has 0 radical (unpaired) electrons. The van der Waals surface area contributed by atoms with Crippen LogP contribution in [0.3, 0.4) is 0 Å². The summed E-state index contributed by atoms with van der Waals surface area (Å²) in [6.45, 7) is 3.89. The van der Waals surface area contributed by atoms with Crippen molar-refractivity contribution in [3.05, 3.63) is 71.8 Å². The Morgan fingerprint density at radius 3 is 2.50 bits per heavy atom. The first-order valence-electron chi connectivity index (χ1n) is 9.80. The van der Waals surface area contributed by atoms with E-state index >= 15 is 0 Å². The van der Waals surface area contributed by atoms with E-state index in [1.165, 1.54) is 43.4 Å². The largest absolute Gasteiger partial charge is 0.462 e. The first-order chi connectivity index (χ1) is 13.5. The highest BCUT2D eigenvalue weighted by atomic mass is 19.2. The highest BCUT2D eigenvalue weighted by Crippen LogP contribution is 2.36. The molecule has 4 heteroatoms. The number of hydrogen-bond donors (Lipinski definition) is 0. The summed E-state index contributed by atoms with van der Waals surface area (Å²) >= 11 is 0. The van der Waals surface area contributed by atoms with Crippen molar-refractivity contribution in [2.75, 3.05) is 0 Å². The van der Waals surface area contributed by atoms with Gasteiger partial charge in [0, 0.05) is 11.1 Å². The Bertz CT molecular complexity index is 899. The van der Waals surface area contributed by atoms with Gasteiger partial charge in [-0.1, -0.05) is 44.1 Å². The fourth-order valence-electron chi connectivity index (χ4n) is 3.73. The molecule has 0 bridgehead atoms. The van der Waals surface area contributed by atoms with Gasteiger partial charge in [0.05, 0.1) is 6.26 Å². The summed E-state index contributed by atoms with van der Waals surface area (Å²) in [7, 11) is 0. The van der Waals surface area contributed by atoms with Gasteiger partial charge in [-0.3, -0.25) is 0 Å². The zero-order valence-electron chi connectivity index (χ0n) is 16.3. The van der Waals surface area contributed by atoms with Crippen LogP contribution in [-0.4, -0.2) is 0 Å². The average Bonchev–Trinajstić information content (AvgIpc) is 2.70. The van der Waals surface area contributed by atoms with Gasteiger partial charge in [-0.25, -0.2) is 8.78 Å². The highest BCUT2D eigenvalue weighted by molar-refractivity contribution is 5.72. The number of allylic oxidation sites excluding steroid dienone is 3. The van der Waals surface area contributed by atoms with Crippen molar-refractivity contribution in [1.82, 2.24) is 0 Å². The number of hydrogen-bond acceptors (Lipinski definition) is 1. The van der Waals surface area contributed by atoms with E-state index in [1.54, 1.807) is 19.1 Å². The number of halogens is 3. The Morgan fingerprint density at radius 2 is 1.86 bits per heavy atom. The molecule has 0 amide bonds. The van der Waals surface area contributed by atoms with Crippen molar-refractivity contribution in [2.45, 2.75) is 46.0 Å². The van der Waals surface area contributed by atoms with Crippen molar-refractivity contribution in [1.29, 1.82) is 0 Å². The van der Waals surface area contributed by atoms with Gasteiger partial charge in [-0.2, -0.15) is 4.39 Å². The van der Waals surface area contributed by atoms with Gasteiger partial charge in [-0.15, -0.1) is 0 Å². The molecule has 0 aliphatic heterocycles. The monoisotopic (exact) mass is 386 g/mol. The fourth-order valence-corrected chi connectivity index (χ4v) is 3.73. The smallest absolute Gasteiger partial charge is 0.201 e. The van der Waals surface area contributed by atoms with E-state index in [-0.39, 0.29) is 16.9 Å². The average molecular weight is 386 g/mol. The summed E-state index contributed by atoms with van der Waals surface area (Å²) in [6, 6.07) is 7.37. The van der Waals surface area contributed by atoms with E-state index in [0.29, 0.717) is 5.92 Å². The van der Waals surface area contributed by atoms with E-state index in [1.807, 2.05) is 0 Å². The normalized spacial score (nSPS) is 17.0. The molecule has 2 aromatic carbocycles. The lowest BCUT2D eigenvalue weighted by molar-refractivity contribution is 0.415. The predicted molar refractivity (Wildman–Crippen MR) is 107 cm³/mol. The lowest BCUT2D eigenvalue weighted by Gasteiger charge is -2.22. The quantitative estimate of drug-likeness (QED) is 0.463. The first kappa shape index (κ1) is 20.2. The molecular weight excluding hydrogens is 361 g/mol. The minimum Gasteiger partial charge on any atom is -0.462 e. The maximum Gasteiger partial charge on any atom is 0.201 e. The molecule has 2 aromatic rings. The molecule has 1 aliphatic carbocycles. The predicted octanol–water partition coefficient (Wildman–Crippen LogP) is 7.67. The Morgan fingerprint density at radius 1 is 1.07 bits per heavy atom. The lowest BCUT2D eigenvalue weighted by Crippen LogP contribution is -2.05. The molecule has 0 N–H and O–H groups in total. The summed E-state index contributed by atoms with van der Waals surface area (Å²) in [6.07, 6.45) is 10.4. The second kappa shape index (κ2) is 9.13. The molecule has 0 saturated heterocycles. The number of rotatable bonds is 6. The Balaban J connectivity index is 1.86. The van der Waals surface area contributed by atoms with Crippen LogP contribution in [0, 0.1) is 23.4 Å². The summed E-state index contributed by atoms with van der Waals surface area (Å²) in [5.74, 6) is -2.33. The second-order valence-corrected chi connectivity index (χ2v) is 7.18. The summed E-state index contributed by atoms with van der Waals surface area (Å²) in [4.78, 5) is 0. The Hall–Kier alpha value is -2.49. The molecule has 0 spiro atoms. The van der Waals surface area contributed by atoms with Crippen molar-refractivity contribution in [3.63, 3.8) is 0 Å². The molecule has 1 unspecified atom stereocenters. The SMILES string of the molecule is CC=COc1ccc(-c2ccc(C3=CCC(CCC)CC3)cc2F)c(F)c1F. The second-order valence-electron chi connectivity index (χ2n) is 7.18. The van der Waals surface area contributed by atoms with E-state index in [2.05, 4.69) is 13.0 Å². The van der Waals surface area contributed by atoms with Gasteiger partial charge in [0.1, 0.15) is 5.82 Å². The van der Waals surface area contributed by atoms with Crippen molar-refractivity contribution in [3.8, 4) is 16.9 Å². The third-order valence-electron chi connectivity index (χ3n) is 5.22. The first-order valence-corrected chi connectivity index (χ1v) is 9.80. The van der Waals surface area contributed by atoms with Crippen LogP contribution in [-0.2, 0) is 0 Å². The Labute approximate surface area is 164 Å². The molecule has 0 aromatic heterocycles. The van der Waals surface area contributed by atoms with E-state index in [9.17, 15) is 13.2 Å². The van der Waals surface area contributed by atoms with Gasteiger partial charge in [0.15, 0.2) is 11.6 Å². The lowest BCUT2D eigenvalue weighted by atomic mass is 9.84. The van der Waals surface area contributed by atoms with Gasteiger partial charge in [-0.05, 0) is 61.4 Å². The Kier molecular flexibility index (Phi) is 6.61. The molecule has 1 nitrogen and oxygen atoms in total. The topological polar surface area (TPSA) is 9.23 Å². The standard InChI is InChI=1S/C24H25F3O/c1-3-5-16-6-8-17(9-7-16)18-10-11-19(21(25)15-18)20-12-13-22(28-14-4-2)24(27)23(20)26/h4,8,10-16H,3,5-7,9H2,1-2H3. The van der Waals surface area contributed by atoms with E-state index < -0.39 is 17.5 Å². The summed E-state index contributed by atoms with van der Waals surface area (Å²) in [5, 5.41) is 0. The van der Waals surface area contributed by atoms with Crippen LogP contribution < -0.4 is 4.74 Å². The van der Waals surface area contributed by atoms with Crippen LogP contribution in [0.25, 0.3) is 16.7 Å². The van der Waals surface area contributed by atoms with Crippen LogP contribution in [0.1, 0.15) is 51.5 Å². The fraction of sp³-hybridized carbons (Fsp3) is 0.333. The molecule has 1 atom stereocenters. The van der Waals surface area contributed by atoms with Crippen LogP contribution in [0.15, 0.2) is 48.7 Å².